The number of halogens is 1. The number of guanidine groups is 1. The lowest BCUT2D eigenvalue weighted by Crippen LogP contribution is -2.40. The maximum absolute atomic E-state index is 5.33. The van der Waals surface area contributed by atoms with Crippen LogP contribution in [0.5, 0.6) is 0 Å². The third-order valence-electron chi connectivity index (χ3n) is 3.32. The maximum atomic E-state index is 5.33. The number of hydrogen-bond acceptors (Lipinski definition) is 4. The van der Waals surface area contributed by atoms with Crippen LogP contribution < -0.4 is 10.6 Å². The molecule has 1 atom stereocenters. The summed E-state index contributed by atoms with van der Waals surface area (Å²) < 4.78 is 10.4. The van der Waals surface area contributed by atoms with E-state index >= 15 is 0 Å². The molecule has 7 heteroatoms. The molecule has 0 aromatic carbocycles. The van der Waals surface area contributed by atoms with Crippen LogP contribution in [0.15, 0.2) is 27.8 Å². The van der Waals surface area contributed by atoms with Crippen LogP contribution in [0.25, 0.3) is 0 Å². The van der Waals surface area contributed by atoms with Crippen molar-refractivity contribution in [2.75, 3.05) is 39.1 Å². The van der Waals surface area contributed by atoms with Gasteiger partial charge in [0.05, 0.1) is 19.4 Å². The fourth-order valence-electron chi connectivity index (χ4n) is 2.19. The van der Waals surface area contributed by atoms with Gasteiger partial charge >= 0.3 is 0 Å². The summed E-state index contributed by atoms with van der Waals surface area (Å²) in [7, 11) is 1.71. The second kappa shape index (κ2) is 12.1. The molecule has 1 aliphatic rings. The van der Waals surface area contributed by atoms with Crippen LogP contribution in [0, 0.1) is 0 Å². The molecule has 1 aliphatic heterocycles. The molecule has 5 nitrogen and oxygen atoms in total. The highest BCUT2D eigenvalue weighted by Gasteiger charge is 2.14. The van der Waals surface area contributed by atoms with Gasteiger partial charge in [-0.15, -0.1) is 24.0 Å². The quantitative estimate of drug-likeness (QED) is 0.282. The zero-order valence-electron chi connectivity index (χ0n) is 13.0. The highest BCUT2D eigenvalue weighted by molar-refractivity contribution is 14.0. The highest BCUT2D eigenvalue weighted by atomic mass is 127. The predicted octanol–water partition coefficient (Wildman–Crippen LogP) is 2.52. The van der Waals surface area contributed by atoms with Crippen LogP contribution in [-0.2, 0) is 11.2 Å². The van der Waals surface area contributed by atoms with E-state index in [1.54, 1.807) is 13.4 Å². The molecule has 22 heavy (non-hydrogen) atoms. The minimum atomic E-state index is 0. The van der Waals surface area contributed by atoms with Crippen molar-refractivity contribution in [1.29, 1.82) is 0 Å². The standard InChI is InChI=1S/C15H25N3O2S.HI/c1-19-10-8-17-15(18-12-14-5-3-11-21-14)16-7-6-13-4-2-9-20-13;/h2,4,9,14H,3,5-8,10-12H2,1H3,(H2,16,17,18);1H. The SMILES string of the molecule is COCCNC(=NCC1CCCS1)NCCc1ccco1.I. The second-order valence-corrected chi connectivity index (χ2v) is 6.41. The van der Waals surface area contributed by atoms with Crippen molar-refractivity contribution < 1.29 is 9.15 Å². The van der Waals surface area contributed by atoms with Gasteiger partial charge in [0.15, 0.2) is 5.96 Å². The molecule has 0 aliphatic carbocycles. The van der Waals surface area contributed by atoms with Crippen molar-refractivity contribution in [1.82, 2.24) is 10.6 Å². The normalized spacial score (nSPS) is 18.0. The molecule has 1 unspecified atom stereocenters. The minimum Gasteiger partial charge on any atom is -0.469 e. The van der Waals surface area contributed by atoms with E-state index in [1.165, 1.54) is 18.6 Å². The summed E-state index contributed by atoms with van der Waals surface area (Å²) in [5.74, 6) is 3.13. The van der Waals surface area contributed by atoms with E-state index in [4.69, 9.17) is 9.15 Å². The number of hydrogen-bond donors (Lipinski definition) is 2. The first-order valence-electron chi connectivity index (χ1n) is 7.53. The summed E-state index contributed by atoms with van der Waals surface area (Å²) in [6.45, 7) is 3.13. The first-order chi connectivity index (χ1) is 10.4. The van der Waals surface area contributed by atoms with Crippen LogP contribution in [0.1, 0.15) is 18.6 Å². The summed E-state index contributed by atoms with van der Waals surface area (Å²) >= 11 is 2.03. The topological polar surface area (TPSA) is 58.8 Å². The number of nitrogens with one attached hydrogen (secondary N) is 2. The first-order valence-corrected chi connectivity index (χ1v) is 8.58. The number of ether oxygens (including phenoxy) is 1. The van der Waals surface area contributed by atoms with E-state index < -0.39 is 0 Å². The monoisotopic (exact) mass is 439 g/mol. The van der Waals surface area contributed by atoms with E-state index in [0.717, 1.165) is 37.8 Å². The zero-order chi connectivity index (χ0) is 14.8. The summed E-state index contributed by atoms with van der Waals surface area (Å²) in [6.07, 6.45) is 5.17. The molecule has 1 aromatic heterocycles. The molecule has 2 N–H and O–H groups in total. The van der Waals surface area contributed by atoms with Gasteiger partial charge in [-0.25, -0.2) is 0 Å². The van der Waals surface area contributed by atoms with Crippen molar-refractivity contribution >= 4 is 41.7 Å². The molecular weight excluding hydrogens is 413 g/mol. The fourth-order valence-corrected chi connectivity index (χ4v) is 3.37. The average molecular weight is 439 g/mol. The Kier molecular flexibility index (Phi) is 10.8. The van der Waals surface area contributed by atoms with Crippen LogP contribution in [-0.4, -0.2) is 50.3 Å². The average Bonchev–Trinajstić information content (AvgIpc) is 3.18. The molecule has 0 bridgehead atoms. The van der Waals surface area contributed by atoms with Gasteiger partial charge in [0.2, 0.25) is 0 Å². The Morgan fingerprint density at radius 2 is 2.32 bits per heavy atom. The van der Waals surface area contributed by atoms with Crippen molar-refractivity contribution in [3.05, 3.63) is 24.2 Å². The third kappa shape index (κ3) is 7.73. The summed E-state index contributed by atoms with van der Waals surface area (Å²) in [5, 5.41) is 7.33. The van der Waals surface area contributed by atoms with Gasteiger partial charge in [-0.1, -0.05) is 0 Å². The third-order valence-corrected chi connectivity index (χ3v) is 4.70. The number of nitrogens with zero attached hydrogens (tertiary/aromatic N) is 1. The van der Waals surface area contributed by atoms with Gasteiger partial charge < -0.3 is 19.8 Å². The number of methoxy groups -OCH3 is 1. The van der Waals surface area contributed by atoms with Crippen LogP contribution >= 0.6 is 35.7 Å². The molecule has 0 amide bonds. The van der Waals surface area contributed by atoms with Crippen molar-refractivity contribution in [2.24, 2.45) is 4.99 Å². The Hall–Kier alpha value is -0.410. The smallest absolute Gasteiger partial charge is 0.191 e. The molecule has 2 heterocycles. The van der Waals surface area contributed by atoms with E-state index in [-0.39, 0.29) is 24.0 Å². The number of thioether (sulfide) groups is 1. The molecule has 2 rings (SSSR count). The minimum absolute atomic E-state index is 0. The summed E-state index contributed by atoms with van der Waals surface area (Å²) in [6, 6.07) is 3.91. The van der Waals surface area contributed by atoms with Gasteiger partial charge in [-0.2, -0.15) is 11.8 Å². The molecule has 0 radical (unpaired) electrons. The van der Waals surface area contributed by atoms with E-state index in [1.807, 2.05) is 23.9 Å². The Balaban J connectivity index is 0.00000242. The largest absolute Gasteiger partial charge is 0.469 e. The predicted molar refractivity (Wildman–Crippen MR) is 103 cm³/mol. The van der Waals surface area contributed by atoms with Gasteiger partial charge in [0.25, 0.3) is 0 Å². The molecule has 0 saturated carbocycles. The van der Waals surface area contributed by atoms with Gasteiger partial charge in [-0.05, 0) is 30.7 Å². The van der Waals surface area contributed by atoms with Crippen LogP contribution in [0.3, 0.4) is 0 Å². The number of rotatable bonds is 8. The van der Waals surface area contributed by atoms with Crippen LogP contribution in [0.2, 0.25) is 0 Å². The van der Waals surface area contributed by atoms with Crippen molar-refractivity contribution in [2.45, 2.75) is 24.5 Å². The fraction of sp³-hybridized carbons (Fsp3) is 0.667. The lowest BCUT2D eigenvalue weighted by molar-refractivity contribution is 0.203. The summed E-state index contributed by atoms with van der Waals surface area (Å²) in [5.41, 5.74) is 0. The second-order valence-electron chi connectivity index (χ2n) is 5.00. The molecular formula is C15H26IN3O2S. The van der Waals surface area contributed by atoms with Crippen molar-refractivity contribution in [3.63, 3.8) is 0 Å². The van der Waals surface area contributed by atoms with Gasteiger partial charge in [0, 0.05) is 31.9 Å². The molecule has 0 spiro atoms. The Morgan fingerprint density at radius 1 is 1.45 bits per heavy atom. The summed E-state index contributed by atoms with van der Waals surface area (Å²) in [4.78, 5) is 4.68. The highest BCUT2D eigenvalue weighted by Crippen LogP contribution is 2.25. The van der Waals surface area contributed by atoms with Crippen LogP contribution in [0.4, 0.5) is 0 Å². The molecule has 1 fully saturated rings. The van der Waals surface area contributed by atoms with Crippen molar-refractivity contribution in [3.8, 4) is 0 Å². The number of aliphatic imine (C=N–C) groups is 1. The van der Waals surface area contributed by atoms with Gasteiger partial charge in [-0.3, -0.25) is 4.99 Å². The molecule has 126 valence electrons. The Morgan fingerprint density at radius 3 is 3.00 bits per heavy atom. The lowest BCUT2D eigenvalue weighted by atomic mass is 10.2. The zero-order valence-corrected chi connectivity index (χ0v) is 16.2. The van der Waals surface area contributed by atoms with E-state index in [9.17, 15) is 0 Å². The maximum Gasteiger partial charge on any atom is 0.191 e. The molecule has 1 saturated heterocycles. The Bertz CT molecular complexity index is 409. The first kappa shape index (κ1) is 19.6. The molecule has 1 aromatic rings. The Labute approximate surface area is 154 Å². The van der Waals surface area contributed by atoms with Gasteiger partial charge in [0.1, 0.15) is 5.76 Å². The van der Waals surface area contributed by atoms with E-state index in [2.05, 4.69) is 15.6 Å². The van der Waals surface area contributed by atoms with E-state index in [0.29, 0.717) is 11.9 Å². The number of furan rings is 1. The lowest BCUT2D eigenvalue weighted by Gasteiger charge is -2.13.